The van der Waals surface area contributed by atoms with Crippen LogP contribution in [0.4, 0.5) is 9.39 Å². The molecule has 2 aliphatic rings. The van der Waals surface area contributed by atoms with E-state index in [-0.39, 0.29) is 10.6 Å². The molecule has 1 fully saturated rings. The standard InChI is InChI=1S/C28H29ClFN5OS.C4H10.C2H6/c1-5-15(3)22-18(9-33-16(4)35-7-6-14(2)11-35)19-12-36-13-20(19)23(25(22)29)26-24-17(8-31)28(32)37-27(24)21(30)10-34-26;1-3-4-2;1-2/h9-10,14H,5-7,11-13,32H2,1-4H3;3-4H2,1-2H3;1-2H3/b18-9-,22-15?,33-16?;;. The number of nitrogens with zero attached hydrogens (tertiary/aromatic N) is 4. The summed E-state index contributed by atoms with van der Waals surface area (Å²) in [4.78, 5) is 11.6. The van der Waals surface area contributed by atoms with Crippen LogP contribution in [-0.4, -0.2) is 28.8 Å². The zero-order chi connectivity index (χ0) is 31.8. The Morgan fingerprint density at radius 1 is 1.26 bits per heavy atom. The molecule has 4 heterocycles. The Balaban J connectivity index is 0.000000780. The summed E-state index contributed by atoms with van der Waals surface area (Å²) in [6.45, 7) is 19.6. The van der Waals surface area contributed by atoms with E-state index < -0.39 is 5.82 Å². The minimum atomic E-state index is -0.511. The Labute approximate surface area is 264 Å². The van der Waals surface area contributed by atoms with Gasteiger partial charge in [-0.1, -0.05) is 71.6 Å². The van der Waals surface area contributed by atoms with Crippen LogP contribution in [0.3, 0.4) is 0 Å². The van der Waals surface area contributed by atoms with Crippen LogP contribution in [0.25, 0.3) is 33.1 Å². The molecule has 2 aromatic heterocycles. The summed E-state index contributed by atoms with van der Waals surface area (Å²) in [6, 6.07) is 2.14. The van der Waals surface area contributed by atoms with E-state index in [0.717, 1.165) is 63.8 Å². The number of amidine groups is 1. The molecule has 6 nitrogen and oxygen atoms in total. The molecule has 1 aromatic carbocycles. The van der Waals surface area contributed by atoms with Crippen molar-refractivity contribution in [2.24, 2.45) is 10.9 Å². The highest BCUT2D eigenvalue weighted by Gasteiger charge is 2.28. The zero-order valence-electron chi connectivity index (χ0n) is 26.8. The summed E-state index contributed by atoms with van der Waals surface area (Å²) in [5, 5.41) is 12.8. The van der Waals surface area contributed by atoms with Gasteiger partial charge in [0.05, 0.1) is 40.4 Å². The normalized spacial score (nSPS) is 17.2. The van der Waals surface area contributed by atoms with Crippen molar-refractivity contribution < 1.29 is 9.13 Å². The number of benzene rings is 1. The fourth-order valence-electron chi connectivity index (χ4n) is 5.26. The van der Waals surface area contributed by atoms with Gasteiger partial charge >= 0.3 is 0 Å². The van der Waals surface area contributed by atoms with Crippen molar-refractivity contribution in [3.8, 4) is 17.3 Å². The predicted molar refractivity (Wildman–Crippen MR) is 181 cm³/mol. The van der Waals surface area contributed by atoms with Crippen LogP contribution in [-0.2, 0) is 18.0 Å². The monoisotopic (exact) mass is 625 g/mol. The van der Waals surface area contributed by atoms with Crippen molar-refractivity contribution in [2.75, 3.05) is 18.8 Å². The van der Waals surface area contributed by atoms with Gasteiger partial charge in [0.2, 0.25) is 0 Å². The first-order valence-electron chi connectivity index (χ1n) is 15.3. The number of rotatable bonds is 4. The molecule has 0 aliphatic carbocycles. The maximum absolute atomic E-state index is 14.7. The Morgan fingerprint density at radius 2 is 1.93 bits per heavy atom. The molecular weight excluding hydrogens is 581 g/mol. The maximum atomic E-state index is 14.7. The average molecular weight is 626 g/mol. The smallest absolute Gasteiger partial charge is 0.159 e. The molecule has 43 heavy (non-hydrogen) atoms. The summed E-state index contributed by atoms with van der Waals surface area (Å²) >= 11 is 8.26. The second kappa shape index (κ2) is 15.7. The van der Waals surface area contributed by atoms with E-state index in [2.05, 4.69) is 50.6 Å². The molecule has 3 aromatic rings. The van der Waals surface area contributed by atoms with Crippen LogP contribution in [0, 0.1) is 23.1 Å². The Morgan fingerprint density at radius 3 is 2.51 bits per heavy atom. The minimum absolute atomic E-state index is 0.221. The van der Waals surface area contributed by atoms with Gasteiger partial charge in [0.1, 0.15) is 16.9 Å². The van der Waals surface area contributed by atoms with Crippen LogP contribution >= 0.6 is 22.9 Å². The number of likely N-dealkylation sites (tertiary alicyclic amines) is 1. The van der Waals surface area contributed by atoms with Gasteiger partial charge in [-0.25, -0.2) is 9.38 Å². The van der Waals surface area contributed by atoms with E-state index >= 15 is 0 Å². The first kappa shape index (κ1) is 34.5. The first-order valence-corrected chi connectivity index (χ1v) is 16.5. The topological polar surface area (TPSA) is 87.5 Å². The summed E-state index contributed by atoms with van der Waals surface area (Å²) in [5.41, 5.74) is 10.4. The van der Waals surface area contributed by atoms with Crippen LogP contribution in [0.5, 0.6) is 0 Å². The molecule has 0 saturated carbocycles. The highest BCUT2D eigenvalue weighted by molar-refractivity contribution is 7.23. The van der Waals surface area contributed by atoms with E-state index in [9.17, 15) is 9.65 Å². The number of anilines is 1. The highest BCUT2D eigenvalue weighted by Crippen LogP contribution is 2.43. The number of pyridine rings is 1. The van der Waals surface area contributed by atoms with Gasteiger partial charge in [-0.2, -0.15) is 5.26 Å². The molecule has 2 N–H and O–H groups in total. The largest absolute Gasteiger partial charge is 0.389 e. The summed E-state index contributed by atoms with van der Waals surface area (Å²) < 4.78 is 21.0. The number of fused-ring (bicyclic) bond motifs is 2. The average Bonchev–Trinajstić information content (AvgIpc) is 3.76. The van der Waals surface area contributed by atoms with Gasteiger partial charge in [-0.3, -0.25) is 4.98 Å². The number of unbranched alkanes of at least 4 members (excludes halogenated alkanes) is 1. The van der Waals surface area contributed by atoms with Crippen LogP contribution in [0.15, 0.2) is 11.2 Å². The number of ether oxygens (including phenoxy) is 1. The third-order valence-electron chi connectivity index (χ3n) is 7.96. The second-order valence-electron chi connectivity index (χ2n) is 10.8. The van der Waals surface area contributed by atoms with Gasteiger partial charge in [0, 0.05) is 40.7 Å². The lowest BCUT2D eigenvalue weighted by molar-refractivity contribution is 0.134. The molecule has 0 spiro atoms. The van der Waals surface area contributed by atoms with Gasteiger partial charge in [0.15, 0.2) is 5.82 Å². The number of nitrogen functional groups attached to an aromatic ring is 1. The summed E-state index contributed by atoms with van der Waals surface area (Å²) in [6.07, 6.45) is 7.68. The van der Waals surface area contributed by atoms with Crippen molar-refractivity contribution in [2.45, 2.75) is 94.3 Å². The van der Waals surface area contributed by atoms with Crippen LogP contribution in [0.1, 0.15) is 97.8 Å². The molecule has 5 rings (SSSR count). The molecule has 1 unspecified atom stereocenters. The number of halogens is 2. The van der Waals surface area contributed by atoms with Gasteiger partial charge < -0.3 is 15.4 Å². The quantitative estimate of drug-likeness (QED) is 0.233. The molecule has 2 aliphatic heterocycles. The highest BCUT2D eigenvalue weighted by atomic mass is 35.5. The lowest BCUT2D eigenvalue weighted by Gasteiger charge is -2.17. The molecule has 232 valence electrons. The van der Waals surface area contributed by atoms with E-state index in [1.165, 1.54) is 25.5 Å². The molecule has 0 amide bonds. The van der Waals surface area contributed by atoms with Crippen molar-refractivity contribution in [3.63, 3.8) is 0 Å². The van der Waals surface area contributed by atoms with Crippen molar-refractivity contribution in [1.82, 2.24) is 9.88 Å². The number of aromatic nitrogens is 1. The number of thiophene rings is 1. The fraction of sp³-hybridized carbons (Fsp3) is 0.500. The van der Waals surface area contributed by atoms with Gasteiger partial charge in [-0.05, 0) is 43.7 Å². The van der Waals surface area contributed by atoms with E-state index in [4.69, 9.17) is 27.1 Å². The molecule has 0 radical (unpaired) electrons. The summed E-state index contributed by atoms with van der Waals surface area (Å²) in [7, 11) is 0. The number of nitriles is 1. The molecule has 0 bridgehead atoms. The minimum Gasteiger partial charge on any atom is -0.389 e. The van der Waals surface area contributed by atoms with Crippen molar-refractivity contribution >= 4 is 55.6 Å². The zero-order valence-corrected chi connectivity index (χ0v) is 28.4. The van der Waals surface area contributed by atoms with E-state index in [0.29, 0.717) is 45.5 Å². The number of aliphatic imine (C=N–C) groups is 1. The molecular formula is C34H45ClFN5OS. The number of nitrogens with two attached hydrogens (primary N) is 1. The Kier molecular flexibility index (Phi) is 12.6. The summed E-state index contributed by atoms with van der Waals surface area (Å²) in [5.74, 6) is 1.13. The predicted octanol–water partition coefficient (Wildman–Crippen LogP) is 8.15. The number of hydrogen-bond donors (Lipinski definition) is 1. The maximum Gasteiger partial charge on any atom is 0.159 e. The van der Waals surface area contributed by atoms with Gasteiger partial charge in [-0.15, -0.1) is 11.3 Å². The molecule has 1 saturated heterocycles. The van der Waals surface area contributed by atoms with Crippen LogP contribution in [0.2, 0.25) is 5.02 Å². The Hall–Kier alpha value is -2.99. The van der Waals surface area contributed by atoms with Gasteiger partial charge in [0.25, 0.3) is 0 Å². The Bertz CT molecular complexity index is 1650. The lowest BCUT2D eigenvalue weighted by atomic mass is 9.93. The second-order valence-corrected chi connectivity index (χ2v) is 12.2. The van der Waals surface area contributed by atoms with Crippen molar-refractivity contribution in [1.29, 1.82) is 5.26 Å². The van der Waals surface area contributed by atoms with E-state index in [1.807, 2.05) is 27.0 Å². The molecule has 1 atom stereocenters. The lowest BCUT2D eigenvalue weighted by Crippen LogP contribution is -2.33. The van der Waals surface area contributed by atoms with Crippen LogP contribution < -0.4 is 16.2 Å². The first-order chi connectivity index (χ1) is 20.7. The third kappa shape index (κ3) is 7.06. The van der Waals surface area contributed by atoms with Crippen molar-refractivity contribution in [3.05, 3.63) is 44.2 Å². The number of hydrogen-bond acceptors (Lipinski definition) is 6. The molecule has 9 heteroatoms. The van der Waals surface area contributed by atoms with E-state index in [1.54, 1.807) is 0 Å². The third-order valence-corrected chi connectivity index (χ3v) is 9.36. The SMILES string of the molecule is CC.CCC(C)=c1c(Cl)c(-c2ncc(F)c3sc(N)c(C#N)c23)c2c(/c1=C/N=C(C)N1CCC(C)C1)COC2.CCCC. The fourth-order valence-corrected chi connectivity index (χ4v) is 6.65.